The molecule has 2 N–H and O–H groups in total. The molecule has 5 nitrogen and oxygen atoms in total. The standard InChI is InChI=1S/C11H7BrCl2N4O/c12-10-9(5-16-18-11(10)19)17-15-4-6-1-2-7(13)3-8(6)14/h1-5H,(H2,17,18,19)/b15-4-. The Bertz CT molecular complexity index is 687. The number of anilines is 1. The molecular weight excluding hydrogens is 355 g/mol. The zero-order valence-electron chi connectivity index (χ0n) is 9.32. The first-order chi connectivity index (χ1) is 9.08. The minimum Gasteiger partial charge on any atom is -0.275 e. The molecule has 1 aromatic heterocycles. The molecule has 0 saturated carbocycles. The number of hydrazone groups is 1. The summed E-state index contributed by atoms with van der Waals surface area (Å²) in [6.45, 7) is 0. The van der Waals surface area contributed by atoms with Gasteiger partial charge in [-0.25, -0.2) is 5.10 Å². The van der Waals surface area contributed by atoms with Crippen molar-refractivity contribution in [2.24, 2.45) is 5.10 Å². The van der Waals surface area contributed by atoms with Crippen molar-refractivity contribution in [3.8, 4) is 0 Å². The van der Waals surface area contributed by atoms with Crippen molar-refractivity contribution >= 4 is 51.0 Å². The Kier molecular flexibility index (Phi) is 4.57. The molecule has 0 bridgehead atoms. The lowest BCUT2D eigenvalue weighted by atomic mass is 10.2. The van der Waals surface area contributed by atoms with Crippen LogP contribution in [0.5, 0.6) is 0 Å². The van der Waals surface area contributed by atoms with Crippen LogP contribution in [0.4, 0.5) is 5.69 Å². The molecule has 0 saturated heterocycles. The molecule has 0 amide bonds. The largest absolute Gasteiger partial charge is 0.280 e. The number of H-pyrrole nitrogens is 1. The summed E-state index contributed by atoms with van der Waals surface area (Å²) in [7, 11) is 0. The van der Waals surface area contributed by atoms with Gasteiger partial charge in [0, 0.05) is 10.6 Å². The average molecular weight is 362 g/mol. The van der Waals surface area contributed by atoms with Gasteiger partial charge in [0.1, 0.15) is 4.47 Å². The minimum atomic E-state index is -0.343. The number of halogens is 3. The predicted molar refractivity (Wildman–Crippen MR) is 80.2 cm³/mol. The van der Waals surface area contributed by atoms with Crippen molar-refractivity contribution in [1.82, 2.24) is 10.2 Å². The van der Waals surface area contributed by atoms with Gasteiger partial charge >= 0.3 is 0 Å². The molecule has 0 aliphatic carbocycles. The highest BCUT2D eigenvalue weighted by Crippen LogP contribution is 2.20. The van der Waals surface area contributed by atoms with Gasteiger partial charge in [0.05, 0.1) is 23.1 Å². The Morgan fingerprint density at radius 3 is 2.95 bits per heavy atom. The topological polar surface area (TPSA) is 70.1 Å². The molecule has 1 aromatic carbocycles. The monoisotopic (exact) mass is 360 g/mol. The minimum absolute atomic E-state index is 0.321. The first-order valence-electron chi connectivity index (χ1n) is 5.05. The van der Waals surface area contributed by atoms with Crippen LogP contribution in [0.25, 0.3) is 0 Å². The fourth-order valence-electron chi connectivity index (χ4n) is 1.24. The van der Waals surface area contributed by atoms with Gasteiger partial charge in [-0.2, -0.15) is 10.2 Å². The van der Waals surface area contributed by atoms with Gasteiger partial charge in [-0.05, 0) is 28.1 Å². The van der Waals surface area contributed by atoms with Crippen molar-refractivity contribution < 1.29 is 0 Å². The van der Waals surface area contributed by atoms with Crippen molar-refractivity contribution in [3.05, 3.63) is 54.8 Å². The molecule has 0 aliphatic rings. The predicted octanol–water partition coefficient (Wildman–Crippen LogP) is 3.29. The van der Waals surface area contributed by atoms with Crippen LogP contribution in [0.1, 0.15) is 5.56 Å². The van der Waals surface area contributed by atoms with E-state index < -0.39 is 0 Å². The smallest absolute Gasteiger partial charge is 0.275 e. The molecule has 19 heavy (non-hydrogen) atoms. The van der Waals surface area contributed by atoms with E-state index in [0.29, 0.717) is 25.8 Å². The summed E-state index contributed by atoms with van der Waals surface area (Å²) < 4.78 is 0.321. The Labute approximate surface area is 126 Å². The lowest BCUT2D eigenvalue weighted by Crippen LogP contribution is -2.10. The third kappa shape index (κ3) is 3.56. The van der Waals surface area contributed by atoms with Gasteiger partial charge in [-0.3, -0.25) is 10.2 Å². The maximum atomic E-state index is 11.3. The normalized spacial score (nSPS) is 10.9. The summed E-state index contributed by atoms with van der Waals surface area (Å²) in [5.41, 5.74) is 3.50. The molecule has 8 heteroatoms. The number of aromatic amines is 1. The Balaban J connectivity index is 2.16. The maximum Gasteiger partial charge on any atom is 0.280 e. The summed E-state index contributed by atoms with van der Waals surface area (Å²) in [6.07, 6.45) is 2.96. The zero-order valence-corrected chi connectivity index (χ0v) is 12.4. The average Bonchev–Trinajstić information content (AvgIpc) is 2.37. The zero-order chi connectivity index (χ0) is 13.8. The first kappa shape index (κ1) is 14.0. The van der Waals surface area contributed by atoms with Gasteiger partial charge in [0.2, 0.25) is 0 Å². The third-order valence-electron chi connectivity index (χ3n) is 2.15. The van der Waals surface area contributed by atoms with E-state index in [1.807, 2.05) is 0 Å². The number of nitrogens with zero attached hydrogens (tertiary/aromatic N) is 2. The molecule has 1 heterocycles. The molecule has 0 atom stereocenters. The van der Waals surface area contributed by atoms with Crippen molar-refractivity contribution in [2.75, 3.05) is 5.43 Å². The molecule has 2 aromatic rings. The van der Waals surface area contributed by atoms with Crippen molar-refractivity contribution in [3.63, 3.8) is 0 Å². The highest BCUT2D eigenvalue weighted by Gasteiger charge is 2.02. The highest BCUT2D eigenvalue weighted by atomic mass is 79.9. The number of benzene rings is 1. The molecule has 0 spiro atoms. The number of hydrogen-bond donors (Lipinski definition) is 2. The van der Waals surface area contributed by atoms with E-state index in [9.17, 15) is 4.79 Å². The van der Waals surface area contributed by atoms with Crippen LogP contribution in [-0.4, -0.2) is 16.4 Å². The summed E-state index contributed by atoms with van der Waals surface area (Å²) >= 11 is 14.9. The Morgan fingerprint density at radius 1 is 1.42 bits per heavy atom. The van der Waals surface area contributed by atoms with Crippen LogP contribution >= 0.6 is 39.1 Å². The van der Waals surface area contributed by atoms with Crippen LogP contribution in [0, 0.1) is 0 Å². The summed E-state index contributed by atoms with van der Waals surface area (Å²) in [5, 5.41) is 11.0. The summed E-state index contributed by atoms with van der Waals surface area (Å²) in [4.78, 5) is 11.3. The van der Waals surface area contributed by atoms with Crippen LogP contribution in [-0.2, 0) is 0 Å². The van der Waals surface area contributed by atoms with E-state index in [2.05, 4.69) is 36.7 Å². The van der Waals surface area contributed by atoms with Crippen LogP contribution < -0.4 is 11.0 Å². The van der Waals surface area contributed by atoms with Gasteiger partial charge in [0.25, 0.3) is 5.56 Å². The van der Waals surface area contributed by atoms with E-state index in [-0.39, 0.29) is 5.56 Å². The number of aromatic nitrogens is 2. The number of nitrogens with one attached hydrogen (secondary N) is 2. The molecular formula is C11H7BrCl2N4O. The Hall–Kier alpha value is -1.37. The van der Waals surface area contributed by atoms with E-state index in [0.717, 1.165) is 0 Å². The summed E-state index contributed by atoms with van der Waals surface area (Å²) in [6, 6.07) is 5.07. The lowest BCUT2D eigenvalue weighted by Gasteiger charge is -2.01. The molecule has 2 rings (SSSR count). The molecule has 0 aliphatic heterocycles. The number of rotatable bonds is 3. The van der Waals surface area contributed by atoms with Crippen LogP contribution in [0.2, 0.25) is 10.0 Å². The van der Waals surface area contributed by atoms with E-state index in [1.165, 1.54) is 12.4 Å². The quantitative estimate of drug-likeness (QED) is 0.651. The fraction of sp³-hybridized carbons (Fsp3) is 0. The van der Waals surface area contributed by atoms with Gasteiger partial charge in [-0.1, -0.05) is 29.3 Å². The second-order valence-electron chi connectivity index (χ2n) is 3.46. The SMILES string of the molecule is O=c1[nH]ncc(N/N=C\c2ccc(Cl)cc2Cl)c1Br. The second-order valence-corrected chi connectivity index (χ2v) is 5.10. The Morgan fingerprint density at radius 2 is 2.21 bits per heavy atom. The van der Waals surface area contributed by atoms with Crippen molar-refractivity contribution in [2.45, 2.75) is 0 Å². The van der Waals surface area contributed by atoms with E-state index in [4.69, 9.17) is 23.2 Å². The van der Waals surface area contributed by atoms with Gasteiger partial charge in [-0.15, -0.1) is 0 Å². The van der Waals surface area contributed by atoms with E-state index in [1.54, 1.807) is 18.2 Å². The van der Waals surface area contributed by atoms with E-state index >= 15 is 0 Å². The highest BCUT2D eigenvalue weighted by molar-refractivity contribution is 9.10. The molecule has 98 valence electrons. The van der Waals surface area contributed by atoms with Crippen molar-refractivity contribution in [1.29, 1.82) is 0 Å². The van der Waals surface area contributed by atoms with Gasteiger partial charge < -0.3 is 0 Å². The fourth-order valence-corrected chi connectivity index (χ4v) is 1.98. The van der Waals surface area contributed by atoms with Crippen LogP contribution in [0.15, 0.2) is 38.8 Å². The van der Waals surface area contributed by atoms with Crippen LogP contribution in [0.3, 0.4) is 0 Å². The van der Waals surface area contributed by atoms with Gasteiger partial charge in [0.15, 0.2) is 0 Å². The third-order valence-corrected chi connectivity index (χ3v) is 3.50. The second kappa shape index (κ2) is 6.18. The maximum absolute atomic E-state index is 11.3. The first-order valence-corrected chi connectivity index (χ1v) is 6.60. The molecule has 0 fully saturated rings. The lowest BCUT2D eigenvalue weighted by molar-refractivity contribution is 0.977. The molecule has 0 radical (unpaired) electrons. The molecule has 0 unspecified atom stereocenters. The number of hydrogen-bond acceptors (Lipinski definition) is 4. The summed E-state index contributed by atoms with van der Waals surface area (Å²) in [5.74, 6) is 0.